The van der Waals surface area contributed by atoms with Gasteiger partial charge in [0, 0.05) is 0 Å². The number of anilines is 1. The molecule has 60 valence electrons. The number of aromatic nitrogens is 2. The lowest BCUT2D eigenvalue weighted by Gasteiger charge is -2.00. The van der Waals surface area contributed by atoms with E-state index in [0.717, 1.165) is 6.42 Å². The van der Waals surface area contributed by atoms with E-state index in [1.807, 2.05) is 6.92 Å². The van der Waals surface area contributed by atoms with E-state index in [1.54, 1.807) is 0 Å². The van der Waals surface area contributed by atoms with Crippen LogP contribution in [0, 0.1) is 0 Å². The molecule has 2 N–H and O–H groups in total. The first-order valence-corrected chi connectivity index (χ1v) is 3.53. The summed E-state index contributed by atoms with van der Waals surface area (Å²) in [5.41, 5.74) is 5.92. The molecular formula is C7H11N3O. The lowest BCUT2D eigenvalue weighted by molar-refractivity contribution is 0.292. The minimum absolute atomic E-state index is 0.390. The SMILES string of the molecule is CCCOc1ncc(N)cn1. The van der Waals surface area contributed by atoms with Gasteiger partial charge in [0.05, 0.1) is 24.7 Å². The van der Waals surface area contributed by atoms with Crippen molar-refractivity contribution in [3.8, 4) is 6.01 Å². The number of nitrogen functional groups attached to an aromatic ring is 1. The van der Waals surface area contributed by atoms with E-state index in [0.29, 0.717) is 18.3 Å². The molecule has 0 saturated heterocycles. The second kappa shape index (κ2) is 3.75. The quantitative estimate of drug-likeness (QED) is 0.699. The van der Waals surface area contributed by atoms with E-state index in [1.165, 1.54) is 12.4 Å². The fourth-order valence-corrected chi connectivity index (χ4v) is 0.594. The Hall–Kier alpha value is -1.32. The molecule has 0 aliphatic rings. The third-order valence-electron chi connectivity index (χ3n) is 1.08. The summed E-state index contributed by atoms with van der Waals surface area (Å²) in [5.74, 6) is 0. The Bertz CT molecular complexity index is 209. The Kier molecular flexibility index (Phi) is 2.66. The molecule has 0 amide bonds. The molecule has 0 bridgehead atoms. The van der Waals surface area contributed by atoms with Gasteiger partial charge in [0.1, 0.15) is 0 Å². The minimum Gasteiger partial charge on any atom is -0.463 e. The second-order valence-electron chi connectivity index (χ2n) is 2.15. The van der Waals surface area contributed by atoms with E-state index in [2.05, 4.69) is 9.97 Å². The molecule has 11 heavy (non-hydrogen) atoms. The first-order chi connectivity index (χ1) is 5.33. The van der Waals surface area contributed by atoms with Crippen molar-refractivity contribution in [3.63, 3.8) is 0 Å². The topological polar surface area (TPSA) is 61.0 Å². The molecule has 0 atom stereocenters. The molecule has 0 fully saturated rings. The molecule has 0 aromatic carbocycles. The van der Waals surface area contributed by atoms with Crippen LogP contribution < -0.4 is 10.5 Å². The summed E-state index contributed by atoms with van der Waals surface area (Å²) in [5, 5.41) is 0. The van der Waals surface area contributed by atoms with Crippen molar-refractivity contribution >= 4 is 5.69 Å². The van der Waals surface area contributed by atoms with Gasteiger partial charge in [-0.15, -0.1) is 0 Å². The first-order valence-electron chi connectivity index (χ1n) is 3.53. The van der Waals surface area contributed by atoms with Crippen LogP contribution in [0.15, 0.2) is 12.4 Å². The van der Waals surface area contributed by atoms with Crippen LogP contribution in [0.2, 0.25) is 0 Å². The average molecular weight is 153 g/mol. The van der Waals surface area contributed by atoms with Gasteiger partial charge in [0.25, 0.3) is 0 Å². The predicted molar refractivity (Wildman–Crippen MR) is 42.2 cm³/mol. The van der Waals surface area contributed by atoms with Crippen LogP contribution in [0.1, 0.15) is 13.3 Å². The van der Waals surface area contributed by atoms with Crippen molar-refractivity contribution in [1.82, 2.24) is 9.97 Å². The van der Waals surface area contributed by atoms with Crippen LogP contribution in [0.5, 0.6) is 6.01 Å². The summed E-state index contributed by atoms with van der Waals surface area (Å²) < 4.78 is 5.13. The highest BCUT2D eigenvalue weighted by Crippen LogP contribution is 2.02. The average Bonchev–Trinajstić information content (AvgIpc) is 2.04. The fourth-order valence-electron chi connectivity index (χ4n) is 0.594. The summed E-state index contributed by atoms with van der Waals surface area (Å²) in [7, 11) is 0. The molecular weight excluding hydrogens is 142 g/mol. The number of nitrogens with zero attached hydrogens (tertiary/aromatic N) is 2. The minimum atomic E-state index is 0.390. The first kappa shape index (κ1) is 7.78. The van der Waals surface area contributed by atoms with Gasteiger partial charge in [-0.2, -0.15) is 0 Å². The molecule has 1 aromatic heterocycles. The normalized spacial score (nSPS) is 9.55. The molecule has 0 aliphatic carbocycles. The second-order valence-corrected chi connectivity index (χ2v) is 2.15. The van der Waals surface area contributed by atoms with E-state index in [4.69, 9.17) is 10.5 Å². The molecule has 0 aliphatic heterocycles. The lowest BCUT2D eigenvalue weighted by Crippen LogP contribution is -1.99. The summed E-state index contributed by atoms with van der Waals surface area (Å²) in [6.45, 7) is 2.67. The van der Waals surface area contributed by atoms with Crippen LogP contribution in [0.3, 0.4) is 0 Å². The molecule has 1 heterocycles. The highest BCUT2D eigenvalue weighted by molar-refractivity contribution is 5.30. The number of hydrogen-bond acceptors (Lipinski definition) is 4. The Morgan fingerprint density at radius 2 is 2.09 bits per heavy atom. The summed E-state index contributed by atoms with van der Waals surface area (Å²) in [6.07, 6.45) is 4.00. The monoisotopic (exact) mass is 153 g/mol. The zero-order chi connectivity index (χ0) is 8.10. The van der Waals surface area contributed by atoms with Crippen LogP contribution in [-0.2, 0) is 0 Å². The third kappa shape index (κ3) is 2.41. The highest BCUT2D eigenvalue weighted by Gasteiger charge is 1.93. The van der Waals surface area contributed by atoms with Gasteiger partial charge in [-0.3, -0.25) is 0 Å². The summed E-state index contributed by atoms with van der Waals surface area (Å²) in [4.78, 5) is 7.71. The predicted octanol–water partition coefficient (Wildman–Crippen LogP) is 0.848. The number of hydrogen-bond donors (Lipinski definition) is 1. The number of ether oxygens (including phenoxy) is 1. The van der Waals surface area contributed by atoms with Crippen LogP contribution in [0.25, 0.3) is 0 Å². The number of nitrogens with two attached hydrogens (primary N) is 1. The van der Waals surface area contributed by atoms with Crippen molar-refractivity contribution in [3.05, 3.63) is 12.4 Å². The highest BCUT2D eigenvalue weighted by atomic mass is 16.5. The van der Waals surface area contributed by atoms with Crippen molar-refractivity contribution in [1.29, 1.82) is 0 Å². The molecule has 4 heteroatoms. The van der Waals surface area contributed by atoms with Crippen LogP contribution in [0.4, 0.5) is 5.69 Å². The van der Waals surface area contributed by atoms with Crippen molar-refractivity contribution in [2.45, 2.75) is 13.3 Å². The Balaban J connectivity index is 2.52. The van der Waals surface area contributed by atoms with Crippen LogP contribution >= 0.6 is 0 Å². The zero-order valence-electron chi connectivity index (χ0n) is 6.45. The largest absolute Gasteiger partial charge is 0.463 e. The Morgan fingerprint density at radius 3 is 2.64 bits per heavy atom. The van der Waals surface area contributed by atoms with Crippen molar-refractivity contribution in [2.24, 2.45) is 0 Å². The summed E-state index contributed by atoms with van der Waals surface area (Å²) in [6, 6.07) is 0.390. The number of rotatable bonds is 3. The smallest absolute Gasteiger partial charge is 0.316 e. The zero-order valence-corrected chi connectivity index (χ0v) is 6.45. The standard InChI is InChI=1S/C7H11N3O/c1-2-3-11-7-9-4-6(8)5-10-7/h4-5H,2-3,8H2,1H3. The van der Waals surface area contributed by atoms with E-state index in [-0.39, 0.29) is 0 Å². The fraction of sp³-hybridized carbons (Fsp3) is 0.429. The van der Waals surface area contributed by atoms with Crippen molar-refractivity contribution < 1.29 is 4.74 Å². The molecule has 0 spiro atoms. The maximum Gasteiger partial charge on any atom is 0.316 e. The maximum atomic E-state index is 5.37. The van der Waals surface area contributed by atoms with Crippen LogP contribution in [-0.4, -0.2) is 16.6 Å². The molecule has 0 unspecified atom stereocenters. The van der Waals surface area contributed by atoms with Gasteiger partial charge >= 0.3 is 6.01 Å². The molecule has 0 saturated carbocycles. The van der Waals surface area contributed by atoms with Gasteiger partial charge in [-0.05, 0) is 6.42 Å². The van der Waals surface area contributed by atoms with Gasteiger partial charge in [-0.25, -0.2) is 9.97 Å². The van der Waals surface area contributed by atoms with Gasteiger partial charge in [0.15, 0.2) is 0 Å². The van der Waals surface area contributed by atoms with Gasteiger partial charge in [-0.1, -0.05) is 6.92 Å². The Morgan fingerprint density at radius 1 is 1.45 bits per heavy atom. The van der Waals surface area contributed by atoms with Crippen molar-refractivity contribution in [2.75, 3.05) is 12.3 Å². The van der Waals surface area contributed by atoms with Gasteiger partial charge in [0.2, 0.25) is 0 Å². The summed E-state index contributed by atoms with van der Waals surface area (Å²) >= 11 is 0. The van der Waals surface area contributed by atoms with E-state index in [9.17, 15) is 0 Å². The molecule has 4 nitrogen and oxygen atoms in total. The maximum absolute atomic E-state index is 5.37. The van der Waals surface area contributed by atoms with E-state index < -0.39 is 0 Å². The third-order valence-corrected chi connectivity index (χ3v) is 1.08. The molecule has 1 rings (SSSR count). The van der Waals surface area contributed by atoms with Gasteiger partial charge < -0.3 is 10.5 Å². The lowest BCUT2D eigenvalue weighted by atomic mass is 10.5. The van der Waals surface area contributed by atoms with E-state index >= 15 is 0 Å². The molecule has 0 radical (unpaired) electrons. The Labute approximate surface area is 65.4 Å². The molecule has 1 aromatic rings.